The molecule has 4 rings (SSSR count). The number of para-hydroxylation sites is 1. The fourth-order valence-electron chi connectivity index (χ4n) is 3.53. The van der Waals surface area contributed by atoms with E-state index in [1.54, 1.807) is 7.11 Å². The summed E-state index contributed by atoms with van der Waals surface area (Å²) in [6.45, 7) is -0.321. The lowest BCUT2D eigenvalue weighted by Crippen LogP contribution is -2.46. The number of ether oxygens (including phenoxy) is 1. The fourth-order valence-corrected chi connectivity index (χ4v) is 3.53. The number of hydrogen-bond donors (Lipinski definition) is 1. The molecule has 0 radical (unpaired) electrons. The number of anilines is 1. The number of fused-ring (bicyclic) bond motifs is 3. The van der Waals surface area contributed by atoms with Gasteiger partial charge in [0.1, 0.15) is 17.6 Å². The summed E-state index contributed by atoms with van der Waals surface area (Å²) in [7, 11) is 1.60. The second kappa shape index (κ2) is 9.35. The van der Waals surface area contributed by atoms with Crippen molar-refractivity contribution in [2.45, 2.75) is 31.6 Å². The first kappa shape index (κ1) is 23.8. The Labute approximate surface area is 179 Å². The number of benzene rings is 1. The molecule has 1 aromatic carbocycles. The molecule has 0 atom stereocenters. The lowest BCUT2D eigenvalue weighted by Gasteiger charge is -2.32. The molecule has 32 heavy (non-hydrogen) atoms. The molecule has 0 bridgehead atoms. The van der Waals surface area contributed by atoms with Gasteiger partial charge in [-0.05, 0) is 38.1 Å². The molecule has 1 aliphatic heterocycles. The molecule has 0 aliphatic carbocycles. The number of alkyl halides is 6. The van der Waals surface area contributed by atoms with E-state index in [2.05, 4.69) is 15.1 Å². The van der Waals surface area contributed by atoms with Crippen molar-refractivity contribution in [3.05, 3.63) is 24.5 Å². The molecule has 0 saturated carbocycles. The Balaban J connectivity index is 0.000000181. The van der Waals surface area contributed by atoms with Gasteiger partial charge in [0.2, 0.25) is 5.95 Å². The van der Waals surface area contributed by atoms with Crippen LogP contribution in [-0.2, 0) is 0 Å². The highest BCUT2D eigenvalue weighted by atomic mass is 19.4. The highest BCUT2D eigenvalue weighted by Gasteiger charge is 2.56. The molecular weight excluding hydrogens is 442 g/mol. The zero-order valence-corrected chi connectivity index (χ0v) is 17.1. The summed E-state index contributed by atoms with van der Waals surface area (Å²) in [5.41, 5.74) is 7.16. The topological polar surface area (TPSA) is 81.6 Å². The number of hydrogen-bond acceptors (Lipinski definition) is 6. The van der Waals surface area contributed by atoms with Crippen LogP contribution in [0.4, 0.5) is 32.3 Å². The minimum atomic E-state index is -5.21. The minimum absolute atomic E-state index is 0.296. The van der Waals surface area contributed by atoms with Gasteiger partial charge >= 0.3 is 12.4 Å². The minimum Gasteiger partial charge on any atom is -0.494 e. The third-order valence-corrected chi connectivity index (χ3v) is 5.13. The number of nitrogens with two attached hydrogens (primary N) is 1. The molecule has 3 heterocycles. The summed E-state index contributed by atoms with van der Waals surface area (Å²) in [4.78, 5) is 9.66. The fraction of sp³-hybridized carbons (Fsp3) is 0.526. The molecular formula is C19H22F6N6O. The first-order valence-electron chi connectivity index (χ1n) is 9.80. The van der Waals surface area contributed by atoms with Crippen LogP contribution in [0.3, 0.4) is 0 Å². The lowest BCUT2D eigenvalue weighted by molar-refractivity contribution is -0.287. The van der Waals surface area contributed by atoms with Crippen LogP contribution in [0.25, 0.3) is 16.6 Å². The standard InChI is InChI=1S/C10H9N5O.C9H13F6N/c1-16-7-4-2-3-6-8(7)14-10(11)15-9(6)12-5-13-15;10-8(11,12)7(9(13,14)15)6-16-4-2-1-3-5-16/h2-5H,1H3,(H2,11,14);7H,1-6H2. The van der Waals surface area contributed by atoms with Crippen LogP contribution in [0.15, 0.2) is 24.5 Å². The Kier molecular flexibility index (Phi) is 6.96. The van der Waals surface area contributed by atoms with Crippen LogP contribution >= 0.6 is 0 Å². The van der Waals surface area contributed by atoms with Gasteiger partial charge in [0.05, 0.1) is 7.11 Å². The van der Waals surface area contributed by atoms with E-state index < -0.39 is 24.8 Å². The van der Waals surface area contributed by atoms with Crippen molar-refractivity contribution in [1.82, 2.24) is 24.5 Å². The highest BCUT2D eigenvalue weighted by molar-refractivity contribution is 5.95. The van der Waals surface area contributed by atoms with Gasteiger partial charge in [0, 0.05) is 11.9 Å². The number of likely N-dealkylation sites (tertiary alicyclic amines) is 1. The maximum atomic E-state index is 12.2. The predicted octanol–water partition coefficient (Wildman–Crippen LogP) is 4.08. The first-order chi connectivity index (χ1) is 15.0. The van der Waals surface area contributed by atoms with E-state index in [0.717, 1.165) is 11.8 Å². The molecule has 13 heteroatoms. The molecule has 1 aliphatic rings. The Morgan fingerprint density at radius 2 is 1.72 bits per heavy atom. The van der Waals surface area contributed by atoms with E-state index in [4.69, 9.17) is 10.5 Å². The van der Waals surface area contributed by atoms with Crippen LogP contribution in [0.5, 0.6) is 5.75 Å². The molecule has 3 aromatic rings. The molecule has 0 unspecified atom stereocenters. The van der Waals surface area contributed by atoms with Crippen molar-refractivity contribution in [1.29, 1.82) is 0 Å². The average molecular weight is 464 g/mol. The predicted molar refractivity (Wildman–Crippen MR) is 105 cm³/mol. The average Bonchev–Trinajstić information content (AvgIpc) is 3.22. The van der Waals surface area contributed by atoms with Gasteiger partial charge in [-0.15, -0.1) is 0 Å². The van der Waals surface area contributed by atoms with E-state index in [-0.39, 0.29) is 0 Å². The second-order valence-corrected chi connectivity index (χ2v) is 7.32. The van der Waals surface area contributed by atoms with E-state index in [0.29, 0.717) is 48.8 Å². The third-order valence-electron chi connectivity index (χ3n) is 5.13. The number of nitrogen functional groups attached to an aromatic ring is 1. The number of piperidine rings is 1. The number of aromatic nitrogens is 4. The Bertz CT molecular complexity index is 1030. The van der Waals surface area contributed by atoms with E-state index in [9.17, 15) is 26.3 Å². The Hall–Kier alpha value is -2.83. The van der Waals surface area contributed by atoms with E-state index >= 15 is 0 Å². The molecule has 1 fully saturated rings. The SMILES string of the molecule is COc1cccc2c1nc(N)n1ncnc21.FC(F)(F)C(CN1CCCCC1)C(F)(F)F. The summed E-state index contributed by atoms with van der Waals surface area (Å²) in [6.07, 6.45) is -6.76. The smallest absolute Gasteiger partial charge is 0.401 e. The van der Waals surface area contributed by atoms with Crippen molar-refractivity contribution in [3.63, 3.8) is 0 Å². The Morgan fingerprint density at radius 3 is 2.31 bits per heavy atom. The maximum absolute atomic E-state index is 12.2. The monoisotopic (exact) mass is 464 g/mol. The number of nitrogens with zero attached hydrogens (tertiary/aromatic N) is 5. The van der Waals surface area contributed by atoms with Crippen LogP contribution in [0.1, 0.15) is 19.3 Å². The number of halogens is 6. The third kappa shape index (κ3) is 5.31. The van der Waals surface area contributed by atoms with Gasteiger partial charge in [-0.3, -0.25) is 0 Å². The van der Waals surface area contributed by atoms with Gasteiger partial charge in [0.25, 0.3) is 0 Å². The van der Waals surface area contributed by atoms with Gasteiger partial charge in [0.15, 0.2) is 11.6 Å². The second-order valence-electron chi connectivity index (χ2n) is 7.32. The van der Waals surface area contributed by atoms with Crippen molar-refractivity contribution in [2.75, 3.05) is 32.5 Å². The van der Waals surface area contributed by atoms with Crippen LogP contribution < -0.4 is 10.5 Å². The summed E-state index contributed by atoms with van der Waals surface area (Å²) in [5.74, 6) is -2.25. The molecule has 176 valence electrons. The van der Waals surface area contributed by atoms with Gasteiger partial charge in [-0.1, -0.05) is 12.5 Å². The molecule has 0 amide bonds. The number of methoxy groups -OCH3 is 1. The summed E-state index contributed by atoms with van der Waals surface area (Å²) in [5, 5.41) is 4.87. The van der Waals surface area contributed by atoms with Crippen molar-refractivity contribution in [3.8, 4) is 5.75 Å². The normalized spacial score (nSPS) is 15.8. The molecule has 2 aromatic heterocycles. The zero-order valence-electron chi connectivity index (χ0n) is 17.1. The summed E-state index contributed by atoms with van der Waals surface area (Å²) < 4.78 is 80.1. The van der Waals surface area contributed by atoms with Crippen molar-refractivity contribution < 1.29 is 31.1 Å². The zero-order chi connectivity index (χ0) is 23.5. The summed E-state index contributed by atoms with van der Waals surface area (Å²) >= 11 is 0. The summed E-state index contributed by atoms with van der Waals surface area (Å²) in [6, 6.07) is 5.63. The van der Waals surface area contributed by atoms with Crippen LogP contribution in [0.2, 0.25) is 0 Å². The van der Waals surface area contributed by atoms with E-state index in [1.165, 1.54) is 15.7 Å². The number of rotatable bonds is 3. The lowest BCUT2D eigenvalue weighted by atomic mass is 10.1. The molecule has 7 nitrogen and oxygen atoms in total. The van der Waals surface area contributed by atoms with Gasteiger partial charge < -0.3 is 15.4 Å². The largest absolute Gasteiger partial charge is 0.494 e. The molecule has 1 saturated heterocycles. The van der Waals surface area contributed by atoms with Crippen LogP contribution in [0, 0.1) is 5.92 Å². The Morgan fingerprint density at radius 1 is 1.06 bits per heavy atom. The highest BCUT2D eigenvalue weighted by Crippen LogP contribution is 2.40. The maximum Gasteiger partial charge on any atom is 0.401 e. The first-order valence-corrected chi connectivity index (χ1v) is 9.80. The van der Waals surface area contributed by atoms with Crippen molar-refractivity contribution in [2.24, 2.45) is 5.92 Å². The van der Waals surface area contributed by atoms with Gasteiger partial charge in [-0.25, -0.2) is 9.97 Å². The van der Waals surface area contributed by atoms with Crippen LogP contribution in [-0.4, -0.2) is 63.6 Å². The van der Waals surface area contributed by atoms with E-state index in [1.807, 2.05) is 18.2 Å². The van der Waals surface area contributed by atoms with Crippen molar-refractivity contribution >= 4 is 22.5 Å². The quantitative estimate of drug-likeness (QED) is 0.589. The molecule has 2 N–H and O–H groups in total. The van der Waals surface area contributed by atoms with Gasteiger partial charge in [-0.2, -0.15) is 36.0 Å². The molecule has 0 spiro atoms.